The quantitative estimate of drug-likeness (QED) is 0.664. The van der Waals surface area contributed by atoms with Gasteiger partial charge >= 0.3 is 11.8 Å². The number of aromatic hydroxyl groups is 1. The first-order chi connectivity index (χ1) is 12.1. The lowest BCUT2D eigenvalue weighted by Gasteiger charge is -2.07. The molecule has 2 aromatic carbocycles. The molecule has 0 saturated carbocycles. The second kappa shape index (κ2) is 9.32. The van der Waals surface area contributed by atoms with Crippen LogP contribution in [0.25, 0.3) is 0 Å². The third-order valence-corrected chi connectivity index (χ3v) is 3.70. The predicted octanol–water partition coefficient (Wildman–Crippen LogP) is 1.42. The van der Waals surface area contributed by atoms with Crippen molar-refractivity contribution < 1.29 is 19.4 Å². The summed E-state index contributed by atoms with van der Waals surface area (Å²) in [6, 6.07) is 14.3. The summed E-state index contributed by atoms with van der Waals surface area (Å²) in [7, 11) is 1.61. The molecule has 0 aliphatic carbocycles. The number of rotatable bonds is 7. The number of nitrogens with one attached hydrogen (secondary N) is 2. The van der Waals surface area contributed by atoms with E-state index in [1.54, 1.807) is 31.4 Å². The first-order valence-electron chi connectivity index (χ1n) is 8.05. The smallest absolute Gasteiger partial charge is 0.309 e. The van der Waals surface area contributed by atoms with E-state index in [4.69, 9.17) is 4.74 Å². The standard InChI is InChI=1S/C19H22N2O4/c1-25-17-8-4-15(5-9-17)11-13-21-19(24)18(23)20-12-10-14-2-6-16(22)7-3-14/h2-9,22H,10-13H2,1H3,(H,20,23)(H,21,24). The van der Waals surface area contributed by atoms with Gasteiger partial charge in [0.25, 0.3) is 0 Å². The summed E-state index contributed by atoms with van der Waals surface area (Å²) in [5, 5.41) is 14.4. The molecule has 0 heterocycles. The highest BCUT2D eigenvalue weighted by atomic mass is 16.5. The Morgan fingerprint density at radius 2 is 1.28 bits per heavy atom. The molecule has 2 aromatic rings. The van der Waals surface area contributed by atoms with E-state index in [1.807, 2.05) is 24.3 Å². The van der Waals surface area contributed by atoms with Crippen molar-refractivity contribution in [1.82, 2.24) is 10.6 Å². The lowest BCUT2D eigenvalue weighted by atomic mass is 10.1. The molecule has 25 heavy (non-hydrogen) atoms. The Hall–Kier alpha value is -3.02. The molecule has 132 valence electrons. The molecule has 0 bridgehead atoms. The molecule has 0 unspecified atom stereocenters. The molecule has 0 aliphatic rings. The van der Waals surface area contributed by atoms with Crippen LogP contribution >= 0.6 is 0 Å². The summed E-state index contributed by atoms with van der Waals surface area (Å²) >= 11 is 0. The molecular weight excluding hydrogens is 320 g/mol. The number of amides is 2. The van der Waals surface area contributed by atoms with Gasteiger partial charge < -0.3 is 20.5 Å². The van der Waals surface area contributed by atoms with Gasteiger partial charge in [0.05, 0.1) is 7.11 Å². The van der Waals surface area contributed by atoms with Crippen LogP contribution in [0.15, 0.2) is 48.5 Å². The molecule has 0 aliphatic heterocycles. The number of phenols is 1. The van der Waals surface area contributed by atoms with Crippen LogP contribution in [0.2, 0.25) is 0 Å². The molecule has 0 spiro atoms. The zero-order chi connectivity index (χ0) is 18.1. The number of hydrogen-bond donors (Lipinski definition) is 3. The Bertz CT molecular complexity index is 696. The number of hydrogen-bond acceptors (Lipinski definition) is 4. The molecule has 0 atom stereocenters. The van der Waals surface area contributed by atoms with Crippen molar-refractivity contribution in [1.29, 1.82) is 0 Å². The van der Waals surface area contributed by atoms with Gasteiger partial charge in [-0.15, -0.1) is 0 Å². The van der Waals surface area contributed by atoms with Gasteiger partial charge in [-0.2, -0.15) is 0 Å². The Balaban J connectivity index is 1.65. The maximum absolute atomic E-state index is 11.7. The number of ether oxygens (including phenoxy) is 1. The third-order valence-electron chi connectivity index (χ3n) is 3.70. The van der Waals surface area contributed by atoms with Gasteiger partial charge in [-0.1, -0.05) is 24.3 Å². The third kappa shape index (κ3) is 6.18. The fourth-order valence-corrected chi connectivity index (χ4v) is 2.26. The van der Waals surface area contributed by atoms with Gasteiger partial charge in [0.1, 0.15) is 11.5 Å². The zero-order valence-corrected chi connectivity index (χ0v) is 14.1. The van der Waals surface area contributed by atoms with Crippen molar-refractivity contribution in [3.8, 4) is 11.5 Å². The second-order valence-electron chi connectivity index (χ2n) is 5.53. The fourth-order valence-electron chi connectivity index (χ4n) is 2.26. The molecule has 0 aromatic heterocycles. The molecular formula is C19H22N2O4. The summed E-state index contributed by atoms with van der Waals surface area (Å²) in [6.07, 6.45) is 1.22. The van der Waals surface area contributed by atoms with Crippen molar-refractivity contribution in [2.24, 2.45) is 0 Å². The van der Waals surface area contributed by atoms with E-state index in [9.17, 15) is 14.7 Å². The largest absolute Gasteiger partial charge is 0.508 e. The zero-order valence-electron chi connectivity index (χ0n) is 14.1. The summed E-state index contributed by atoms with van der Waals surface area (Å²) in [5.74, 6) is -0.308. The van der Waals surface area contributed by atoms with Gasteiger partial charge in [-0.3, -0.25) is 9.59 Å². The average molecular weight is 342 g/mol. The number of phenolic OH excluding ortho intramolecular Hbond substituents is 1. The van der Waals surface area contributed by atoms with Crippen molar-refractivity contribution in [3.63, 3.8) is 0 Å². The highest BCUT2D eigenvalue weighted by molar-refractivity contribution is 6.35. The van der Waals surface area contributed by atoms with Crippen LogP contribution in [-0.2, 0) is 22.4 Å². The first-order valence-corrected chi connectivity index (χ1v) is 8.05. The highest BCUT2D eigenvalue weighted by Gasteiger charge is 2.11. The van der Waals surface area contributed by atoms with Crippen molar-refractivity contribution >= 4 is 11.8 Å². The van der Waals surface area contributed by atoms with Crippen LogP contribution < -0.4 is 15.4 Å². The Labute approximate surface area is 146 Å². The van der Waals surface area contributed by atoms with Crippen LogP contribution in [0.3, 0.4) is 0 Å². The van der Waals surface area contributed by atoms with Gasteiger partial charge in [-0.25, -0.2) is 0 Å². The lowest BCUT2D eigenvalue weighted by Crippen LogP contribution is -2.41. The molecule has 6 heteroatoms. The SMILES string of the molecule is COc1ccc(CCNC(=O)C(=O)NCCc2ccc(O)cc2)cc1. The van der Waals surface area contributed by atoms with E-state index in [1.165, 1.54) is 0 Å². The summed E-state index contributed by atoms with van der Waals surface area (Å²) < 4.78 is 5.08. The minimum atomic E-state index is -0.645. The number of carbonyl (C=O) groups excluding carboxylic acids is 2. The van der Waals surface area contributed by atoms with Crippen molar-refractivity contribution in [2.45, 2.75) is 12.8 Å². The maximum atomic E-state index is 11.7. The van der Waals surface area contributed by atoms with E-state index in [0.29, 0.717) is 25.9 Å². The summed E-state index contributed by atoms with van der Waals surface area (Å²) in [4.78, 5) is 23.5. The Morgan fingerprint density at radius 1 is 0.840 bits per heavy atom. The lowest BCUT2D eigenvalue weighted by molar-refractivity contribution is -0.139. The van der Waals surface area contributed by atoms with Crippen LogP contribution in [0, 0.1) is 0 Å². The van der Waals surface area contributed by atoms with Crippen LogP contribution in [0.1, 0.15) is 11.1 Å². The van der Waals surface area contributed by atoms with Gasteiger partial charge in [0.15, 0.2) is 0 Å². The second-order valence-corrected chi connectivity index (χ2v) is 5.53. The fraction of sp³-hybridized carbons (Fsp3) is 0.263. The van der Waals surface area contributed by atoms with E-state index in [2.05, 4.69) is 10.6 Å². The molecule has 2 rings (SSSR count). The maximum Gasteiger partial charge on any atom is 0.309 e. The molecule has 0 fully saturated rings. The predicted molar refractivity (Wildman–Crippen MR) is 94.5 cm³/mol. The first kappa shape index (κ1) is 18.3. The monoisotopic (exact) mass is 342 g/mol. The number of carbonyl (C=O) groups is 2. The van der Waals surface area contributed by atoms with Crippen molar-refractivity contribution in [3.05, 3.63) is 59.7 Å². The van der Waals surface area contributed by atoms with E-state index in [0.717, 1.165) is 16.9 Å². The van der Waals surface area contributed by atoms with E-state index >= 15 is 0 Å². The minimum Gasteiger partial charge on any atom is -0.508 e. The van der Waals surface area contributed by atoms with E-state index < -0.39 is 11.8 Å². The highest BCUT2D eigenvalue weighted by Crippen LogP contribution is 2.11. The molecule has 3 N–H and O–H groups in total. The minimum absolute atomic E-state index is 0.198. The normalized spacial score (nSPS) is 10.1. The molecule has 6 nitrogen and oxygen atoms in total. The Morgan fingerprint density at radius 3 is 1.72 bits per heavy atom. The number of benzene rings is 2. The van der Waals surface area contributed by atoms with Crippen molar-refractivity contribution in [2.75, 3.05) is 20.2 Å². The topological polar surface area (TPSA) is 87.7 Å². The average Bonchev–Trinajstić information content (AvgIpc) is 2.63. The van der Waals surface area contributed by atoms with Gasteiger partial charge in [0, 0.05) is 13.1 Å². The van der Waals surface area contributed by atoms with Gasteiger partial charge in [-0.05, 0) is 48.2 Å². The summed E-state index contributed by atoms with van der Waals surface area (Å²) in [6.45, 7) is 0.742. The molecule has 0 saturated heterocycles. The molecule has 0 radical (unpaired) electrons. The molecule has 2 amide bonds. The van der Waals surface area contributed by atoms with Crippen LogP contribution in [0.4, 0.5) is 0 Å². The van der Waals surface area contributed by atoms with Crippen LogP contribution in [0.5, 0.6) is 11.5 Å². The van der Waals surface area contributed by atoms with Crippen LogP contribution in [-0.4, -0.2) is 37.1 Å². The number of methoxy groups -OCH3 is 1. The Kier molecular flexibility index (Phi) is 6.83. The summed E-state index contributed by atoms with van der Waals surface area (Å²) in [5.41, 5.74) is 2.02. The van der Waals surface area contributed by atoms with Gasteiger partial charge in [0.2, 0.25) is 0 Å². The van der Waals surface area contributed by atoms with E-state index in [-0.39, 0.29) is 5.75 Å².